The van der Waals surface area contributed by atoms with Gasteiger partial charge in [0, 0.05) is 19.2 Å². The fourth-order valence-electron chi connectivity index (χ4n) is 2.66. The van der Waals surface area contributed by atoms with Gasteiger partial charge >= 0.3 is 0 Å². The highest BCUT2D eigenvalue weighted by Crippen LogP contribution is 2.32. The molecule has 2 heterocycles. The second-order valence-corrected chi connectivity index (χ2v) is 7.53. The molecule has 0 N–H and O–H groups in total. The molecule has 0 aliphatic rings. The number of fused-ring (bicyclic) bond motifs is 1. The molecule has 7 heteroatoms. The van der Waals surface area contributed by atoms with Crippen molar-refractivity contribution in [3.63, 3.8) is 0 Å². The fraction of sp³-hybridized carbons (Fsp3) is 0.389. The summed E-state index contributed by atoms with van der Waals surface area (Å²) >= 11 is 1.53. The number of likely N-dealkylation sites (N-methyl/N-ethyl adjacent to an activating group) is 1. The third kappa shape index (κ3) is 3.72. The molecule has 132 valence electrons. The van der Waals surface area contributed by atoms with E-state index in [1.807, 2.05) is 25.9 Å². The molecule has 0 bridgehead atoms. The lowest BCUT2D eigenvalue weighted by atomic mass is 10.1. The van der Waals surface area contributed by atoms with E-state index in [4.69, 9.17) is 9.51 Å². The predicted molar refractivity (Wildman–Crippen MR) is 101 cm³/mol. The molecule has 0 unspecified atom stereocenters. The zero-order chi connectivity index (χ0) is 18.1. The minimum absolute atomic E-state index is 0.212. The van der Waals surface area contributed by atoms with Crippen molar-refractivity contribution < 1.29 is 9.32 Å². The van der Waals surface area contributed by atoms with E-state index in [1.54, 1.807) is 17.9 Å². The first-order chi connectivity index (χ1) is 11.8. The lowest BCUT2D eigenvalue weighted by Crippen LogP contribution is -2.36. The van der Waals surface area contributed by atoms with E-state index in [0.717, 1.165) is 22.3 Å². The molecule has 0 spiro atoms. The number of aryl methyl sites for hydroxylation is 3. The van der Waals surface area contributed by atoms with Crippen molar-refractivity contribution in [2.45, 2.75) is 20.8 Å². The molecule has 1 amide bonds. The molecule has 0 aliphatic heterocycles. The van der Waals surface area contributed by atoms with E-state index >= 15 is 0 Å². The topological polar surface area (TPSA) is 62.5 Å². The smallest absolute Gasteiger partial charge is 0.298 e. The third-order valence-electron chi connectivity index (χ3n) is 3.90. The Morgan fingerprint density at radius 2 is 1.92 bits per heavy atom. The highest BCUT2D eigenvalue weighted by molar-refractivity contribution is 7.22. The molecule has 3 aromatic rings. The number of hydrogen-bond acceptors (Lipinski definition) is 6. The molecule has 3 rings (SSSR count). The second kappa shape index (κ2) is 6.93. The Hall–Kier alpha value is -2.25. The summed E-state index contributed by atoms with van der Waals surface area (Å²) in [5.41, 5.74) is 3.94. The zero-order valence-electron chi connectivity index (χ0n) is 15.2. The fourth-order valence-corrected chi connectivity index (χ4v) is 3.82. The Morgan fingerprint density at radius 3 is 2.56 bits per heavy atom. The maximum absolute atomic E-state index is 12.9. The molecular weight excluding hydrogens is 336 g/mol. The summed E-state index contributed by atoms with van der Waals surface area (Å²) in [6, 6.07) is 5.88. The third-order valence-corrected chi connectivity index (χ3v) is 4.93. The van der Waals surface area contributed by atoms with Crippen molar-refractivity contribution in [2.75, 3.05) is 32.1 Å². The van der Waals surface area contributed by atoms with Crippen LogP contribution in [0, 0.1) is 20.8 Å². The van der Waals surface area contributed by atoms with E-state index in [2.05, 4.69) is 24.2 Å². The van der Waals surface area contributed by atoms with Crippen molar-refractivity contribution >= 4 is 32.6 Å². The Bertz CT molecular complexity index is 913. The Morgan fingerprint density at radius 1 is 1.16 bits per heavy atom. The lowest BCUT2D eigenvalue weighted by Gasteiger charge is -2.20. The average molecular weight is 358 g/mol. The number of anilines is 1. The van der Waals surface area contributed by atoms with Gasteiger partial charge in [-0.1, -0.05) is 22.6 Å². The van der Waals surface area contributed by atoms with Gasteiger partial charge in [-0.15, -0.1) is 0 Å². The normalized spacial score (nSPS) is 11.4. The van der Waals surface area contributed by atoms with Gasteiger partial charge in [-0.2, -0.15) is 0 Å². The van der Waals surface area contributed by atoms with Crippen LogP contribution in [0.2, 0.25) is 0 Å². The maximum atomic E-state index is 12.9. The van der Waals surface area contributed by atoms with Crippen LogP contribution in [0.1, 0.15) is 27.4 Å². The van der Waals surface area contributed by atoms with Gasteiger partial charge < -0.3 is 9.42 Å². The number of amides is 1. The number of hydrogen-bond donors (Lipinski definition) is 0. The van der Waals surface area contributed by atoms with Crippen LogP contribution < -0.4 is 4.90 Å². The lowest BCUT2D eigenvalue weighted by molar-refractivity contribution is 0.0949. The highest BCUT2D eigenvalue weighted by atomic mass is 32.1. The second-order valence-electron chi connectivity index (χ2n) is 6.52. The first-order valence-electron chi connectivity index (χ1n) is 8.13. The Balaban J connectivity index is 2.01. The first-order valence-corrected chi connectivity index (χ1v) is 8.94. The van der Waals surface area contributed by atoms with Gasteiger partial charge in [0.2, 0.25) is 5.76 Å². The van der Waals surface area contributed by atoms with Crippen molar-refractivity contribution in [2.24, 2.45) is 0 Å². The van der Waals surface area contributed by atoms with Gasteiger partial charge in [0.05, 0.1) is 15.9 Å². The molecule has 0 atom stereocenters. The predicted octanol–water partition coefficient (Wildman–Crippen LogP) is 3.42. The van der Waals surface area contributed by atoms with E-state index < -0.39 is 0 Å². The highest BCUT2D eigenvalue weighted by Gasteiger charge is 2.24. The maximum Gasteiger partial charge on any atom is 0.298 e. The molecule has 2 aromatic heterocycles. The van der Waals surface area contributed by atoms with Gasteiger partial charge in [-0.3, -0.25) is 9.69 Å². The van der Waals surface area contributed by atoms with Crippen molar-refractivity contribution in [1.82, 2.24) is 15.0 Å². The van der Waals surface area contributed by atoms with Gasteiger partial charge in [0.15, 0.2) is 5.13 Å². The number of thiazole rings is 1. The number of nitrogens with zero attached hydrogens (tertiary/aromatic N) is 4. The molecule has 25 heavy (non-hydrogen) atoms. The Labute approximate surface area is 151 Å². The van der Waals surface area contributed by atoms with Crippen molar-refractivity contribution in [3.8, 4) is 0 Å². The first kappa shape index (κ1) is 17.6. The summed E-state index contributed by atoms with van der Waals surface area (Å²) in [6.45, 7) is 7.17. The number of benzene rings is 1. The molecule has 6 nitrogen and oxygen atoms in total. The number of carbonyl (C=O) groups is 1. The molecule has 0 saturated carbocycles. The summed E-state index contributed by atoms with van der Waals surface area (Å²) in [6.07, 6.45) is 0. The van der Waals surface area contributed by atoms with Crippen LogP contribution in [0.4, 0.5) is 5.13 Å². The largest absolute Gasteiger partial charge is 0.351 e. The van der Waals surface area contributed by atoms with Crippen LogP contribution in [0.3, 0.4) is 0 Å². The average Bonchev–Trinajstić information content (AvgIpc) is 3.13. The van der Waals surface area contributed by atoms with Crippen molar-refractivity contribution in [3.05, 3.63) is 40.8 Å². The summed E-state index contributed by atoms with van der Waals surface area (Å²) < 4.78 is 6.26. The summed E-state index contributed by atoms with van der Waals surface area (Å²) in [7, 11) is 3.96. The molecule has 0 saturated heterocycles. The van der Waals surface area contributed by atoms with Gasteiger partial charge in [0.25, 0.3) is 5.91 Å². The molecule has 0 aliphatic carbocycles. The van der Waals surface area contributed by atoms with Crippen LogP contribution in [-0.2, 0) is 0 Å². The van der Waals surface area contributed by atoms with Crippen LogP contribution in [0.25, 0.3) is 10.2 Å². The van der Waals surface area contributed by atoms with E-state index in [9.17, 15) is 4.79 Å². The molecule has 1 aromatic carbocycles. The van der Waals surface area contributed by atoms with E-state index in [1.165, 1.54) is 16.9 Å². The minimum atomic E-state index is -0.212. The van der Waals surface area contributed by atoms with Gasteiger partial charge in [-0.05, 0) is 52.1 Å². The molecule has 0 radical (unpaired) electrons. The monoisotopic (exact) mass is 358 g/mol. The summed E-state index contributed by atoms with van der Waals surface area (Å²) in [5.74, 6) is 0.0271. The number of carbonyl (C=O) groups excluding carboxylic acids is 1. The van der Waals surface area contributed by atoms with Crippen LogP contribution >= 0.6 is 11.3 Å². The number of aromatic nitrogens is 2. The summed E-state index contributed by atoms with van der Waals surface area (Å²) in [5, 5.41) is 4.51. The summed E-state index contributed by atoms with van der Waals surface area (Å²) in [4.78, 5) is 21.4. The molecular formula is C18H22N4O2S. The van der Waals surface area contributed by atoms with Crippen LogP contribution in [0.5, 0.6) is 0 Å². The van der Waals surface area contributed by atoms with E-state index in [-0.39, 0.29) is 11.7 Å². The minimum Gasteiger partial charge on any atom is -0.351 e. The molecule has 0 fully saturated rings. The SMILES string of the molecule is Cc1cc(C)c2nc(N(CCN(C)C)C(=O)c3cc(C)no3)sc2c1. The Kier molecular flexibility index (Phi) is 4.87. The van der Waals surface area contributed by atoms with E-state index in [0.29, 0.717) is 17.4 Å². The standard InChI is InChI=1S/C18H22N4O2S/c1-11-8-12(2)16-15(9-11)25-18(19-16)22(7-6-21(4)5)17(23)14-10-13(3)20-24-14/h8-10H,6-7H2,1-5H3. The van der Waals surface area contributed by atoms with Gasteiger partial charge in [-0.25, -0.2) is 4.98 Å². The van der Waals surface area contributed by atoms with Crippen LogP contribution in [0.15, 0.2) is 22.7 Å². The van der Waals surface area contributed by atoms with Gasteiger partial charge in [0.1, 0.15) is 0 Å². The quantitative estimate of drug-likeness (QED) is 0.699. The number of rotatable bonds is 5. The van der Waals surface area contributed by atoms with Crippen molar-refractivity contribution in [1.29, 1.82) is 0 Å². The zero-order valence-corrected chi connectivity index (χ0v) is 16.0. The van der Waals surface area contributed by atoms with Crippen LogP contribution in [-0.4, -0.2) is 48.1 Å².